The molecule has 1 aliphatic carbocycles. The van der Waals surface area contributed by atoms with Crippen LogP contribution in [0.2, 0.25) is 5.15 Å². The molecule has 0 bridgehead atoms. The second kappa shape index (κ2) is 9.08. The highest BCUT2D eigenvalue weighted by Gasteiger charge is 2.48. The highest BCUT2D eigenvalue weighted by atomic mass is 35.5. The minimum absolute atomic E-state index is 0.0750. The first-order chi connectivity index (χ1) is 17.8. The Balaban J connectivity index is 1.42. The van der Waals surface area contributed by atoms with Crippen LogP contribution in [0.25, 0.3) is 11.6 Å². The molecule has 6 rings (SSSR count). The van der Waals surface area contributed by atoms with E-state index in [1.165, 1.54) is 11.3 Å². The van der Waals surface area contributed by atoms with E-state index >= 15 is 0 Å². The van der Waals surface area contributed by atoms with Crippen LogP contribution in [0.1, 0.15) is 71.9 Å². The number of ether oxygens (including phenoxy) is 1. The lowest BCUT2D eigenvalue weighted by Gasteiger charge is -2.41. The van der Waals surface area contributed by atoms with E-state index in [2.05, 4.69) is 33.0 Å². The third-order valence-corrected chi connectivity index (χ3v) is 9.44. The molecule has 9 nitrogen and oxygen atoms in total. The van der Waals surface area contributed by atoms with E-state index in [1.54, 1.807) is 16.8 Å². The van der Waals surface area contributed by atoms with E-state index in [0.717, 1.165) is 54.8 Å². The molecule has 37 heavy (non-hydrogen) atoms. The predicted molar refractivity (Wildman–Crippen MR) is 141 cm³/mol. The summed E-state index contributed by atoms with van der Waals surface area (Å²) in [4.78, 5) is 30.4. The van der Waals surface area contributed by atoms with Crippen molar-refractivity contribution in [2.24, 2.45) is 0 Å². The summed E-state index contributed by atoms with van der Waals surface area (Å²) in [5.41, 5.74) is 8.02. The summed E-state index contributed by atoms with van der Waals surface area (Å²) in [6.45, 7) is 3.08. The highest BCUT2D eigenvalue weighted by molar-refractivity contribution is 7.16. The van der Waals surface area contributed by atoms with Gasteiger partial charge < -0.3 is 10.5 Å². The van der Waals surface area contributed by atoms with Gasteiger partial charge in [-0.05, 0) is 64.6 Å². The Labute approximate surface area is 224 Å². The molecule has 11 heteroatoms. The summed E-state index contributed by atoms with van der Waals surface area (Å²) >= 11 is 7.88. The number of nitrogens with zero attached hydrogens (tertiary/aromatic N) is 6. The average molecular weight is 538 g/mol. The summed E-state index contributed by atoms with van der Waals surface area (Å²) in [6, 6.07) is 4.22. The second-order valence-electron chi connectivity index (χ2n) is 10.2. The number of nitriles is 1. The van der Waals surface area contributed by atoms with Gasteiger partial charge in [-0.1, -0.05) is 11.6 Å². The molecular formula is C26H28ClN7O2S. The Morgan fingerprint density at radius 2 is 2.16 bits per heavy atom. The highest BCUT2D eigenvalue weighted by Crippen LogP contribution is 2.53. The van der Waals surface area contributed by atoms with Gasteiger partial charge in [-0.3, -0.25) is 14.3 Å². The zero-order valence-corrected chi connectivity index (χ0v) is 22.4. The Hall–Kier alpha value is -3.00. The van der Waals surface area contributed by atoms with E-state index < -0.39 is 5.41 Å². The van der Waals surface area contributed by atoms with Gasteiger partial charge in [0.15, 0.2) is 5.82 Å². The lowest BCUT2D eigenvalue weighted by Crippen LogP contribution is -2.40. The minimum Gasteiger partial charge on any atom is -0.473 e. The van der Waals surface area contributed by atoms with Crippen LogP contribution in [0.5, 0.6) is 5.88 Å². The van der Waals surface area contributed by atoms with Crippen LogP contribution in [0.3, 0.4) is 0 Å². The number of aromatic nitrogens is 4. The fraction of sp³-hybridized carbons (Fsp3) is 0.500. The van der Waals surface area contributed by atoms with Crippen molar-refractivity contribution in [3.8, 4) is 23.6 Å². The number of thiophene rings is 1. The number of aryl methyl sites for hydroxylation is 1. The summed E-state index contributed by atoms with van der Waals surface area (Å²) in [5.74, 6) is 0.864. The summed E-state index contributed by atoms with van der Waals surface area (Å²) < 4.78 is 7.82. The Kier molecular flexibility index (Phi) is 5.97. The smallest absolute Gasteiger partial charge is 0.232 e. The molecule has 0 saturated carbocycles. The van der Waals surface area contributed by atoms with Crippen LogP contribution >= 0.6 is 22.9 Å². The number of fused-ring (bicyclic) bond motifs is 4. The molecule has 2 N–H and O–H groups in total. The monoisotopic (exact) mass is 537 g/mol. The molecule has 3 aliphatic rings. The maximum Gasteiger partial charge on any atom is 0.232 e. The molecular weight excluding hydrogens is 510 g/mol. The topological polar surface area (TPSA) is 123 Å². The van der Waals surface area contributed by atoms with Crippen LogP contribution in [0.15, 0.2) is 12.3 Å². The number of anilines is 1. The molecule has 0 radical (unpaired) electrons. The Morgan fingerprint density at radius 1 is 1.32 bits per heavy atom. The molecule has 0 aromatic carbocycles. The number of nitrogens with two attached hydrogens (primary N) is 1. The largest absolute Gasteiger partial charge is 0.473 e. The fourth-order valence-corrected chi connectivity index (χ4v) is 7.82. The quantitative estimate of drug-likeness (QED) is 0.485. The van der Waals surface area contributed by atoms with Gasteiger partial charge in [0, 0.05) is 28.8 Å². The zero-order chi connectivity index (χ0) is 25.9. The normalized spacial score (nSPS) is 24.1. The number of hydrogen-bond donors (Lipinski definition) is 1. The molecule has 0 amide bonds. The van der Waals surface area contributed by atoms with Crippen LogP contribution in [-0.2, 0) is 11.8 Å². The van der Waals surface area contributed by atoms with E-state index in [1.807, 2.05) is 6.92 Å². The number of rotatable bonds is 4. The van der Waals surface area contributed by atoms with Gasteiger partial charge in [0.05, 0.1) is 17.5 Å². The van der Waals surface area contributed by atoms with E-state index in [-0.39, 0.29) is 23.0 Å². The summed E-state index contributed by atoms with van der Waals surface area (Å²) in [5, 5.41) is 10.7. The van der Waals surface area contributed by atoms with Crippen molar-refractivity contribution in [2.45, 2.75) is 69.4 Å². The first-order valence-electron chi connectivity index (χ1n) is 12.7. The van der Waals surface area contributed by atoms with Crippen LogP contribution in [0.4, 0.5) is 5.00 Å². The van der Waals surface area contributed by atoms with Gasteiger partial charge in [-0.15, -0.1) is 11.3 Å². The summed E-state index contributed by atoms with van der Waals surface area (Å²) in [6.07, 6.45) is 7.45. The van der Waals surface area contributed by atoms with Crippen molar-refractivity contribution >= 4 is 33.8 Å². The molecule has 1 unspecified atom stereocenters. The molecule has 5 heterocycles. The first-order valence-corrected chi connectivity index (χ1v) is 13.9. The lowest BCUT2D eigenvalue weighted by molar-refractivity contribution is 0.0857. The number of likely N-dealkylation sites (tertiary alicyclic amines) is 1. The summed E-state index contributed by atoms with van der Waals surface area (Å²) in [7, 11) is 2.10. The maximum absolute atomic E-state index is 13.3. The average Bonchev–Trinajstić information content (AvgIpc) is 3.58. The SMILES string of the molecule is C[C@H](Oc1cc(Cl)nc(-c2ncc3n2C(=O)CCC32CCCc3sc(N)c(C#N)c32)n1)[C@@H]1CCCN1C. The van der Waals surface area contributed by atoms with Crippen LogP contribution < -0.4 is 10.5 Å². The van der Waals surface area contributed by atoms with Crippen molar-refractivity contribution in [1.82, 2.24) is 24.4 Å². The van der Waals surface area contributed by atoms with E-state index in [4.69, 9.17) is 22.1 Å². The molecule has 1 fully saturated rings. The molecule has 3 atom stereocenters. The fourth-order valence-electron chi connectivity index (χ4n) is 6.49. The number of nitrogen functional groups attached to an aromatic ring is 1. The maximum atomic E-state index is 13.3. The van der Waals surface area contributed by atoms with E-state index in [0.29, 0.717) is 41.2 Å². The van der Waals surface area contributed by atoms with Gasteiger partial charge in [-0.25, -0.2) is 9.97 Å². The molecule has 3 aromatic rings. The van der Waals surface area contributed by atoms with E-state index in [9.17, 15) is 10.1 Å². The molecule has 2 aliphatic heterocycles. The van der Waals surface area contributed by atoms with Crippen LogP contribution in [0, 0.1) is 11.3 Å². The van der Waals surface area contributed by atoms with Crippen molar-refractivity contribution < 1.29 is 9.53 Å². The lowest BCUT2D eigenvalue weighted by atomic mass is 9.65. The molecule has 1 spiro atoms. The molecule has 192 valence electrons. The number of carbonyl (C=O) groups is 1. The second-order valence-corrected chi connectivity index (χ2v) is 11.8. The van der Waals surface area contributed by atoms with Crippen molar-refractivity contribution in [2.75, 3.05) is 19.3 Å². The van der Waals surface area contributed by atoms with Gasteiger partial charge in [-0.2, -0.15) is 10.2 Å². The zero-order valence-electron chi connectivity index (χ0n) is 20.8. The number of hydrogen-bond acceptors (Lipinski definition) is 9. The van der Waals surface area contributed by atoms with Crippen molar-refractivity contribution in [3.05, 3.63) is 39.1 Å². The number of halogens is 1. The molecule has 3 aromatic heterocycles. The first kappa shape index (κ1) is 24.3. The standard InChI is InChI=1S/C26H28ClN7O2S/c1-14(16-5-4-10-33(16)2)36-20-11-19(27)31-24(32-20)25-30-13-18-26(9-7-21(35)34(18)25)8-3-6-17-22(26)15(12-28)23(29)37-17/h11,13-14,16H,3-10,29H2,1-2H3/t14-,16-,26?/m0/s1. The van der Waals surface area contributed by atoms with Gasteiger partial charge >= 0.3 is 0 Å². The van der Waals surface area contributed by atoms with Gasteiger partial charge in [0.25, 0.3) is 0 Å². The molecule has 1 saturated heterocycles. The minimum atomic E-state index is -0.495. The predicted octanol–water partition coefficient (Wildman–Crippen LogP) is 4.43. The third kappa shape index (κ3) is 3.83. The van der Waals surface area contributed by atoms with Crippen LogP contribution in [-0.4, -0.2) is 56.1 Å². The van der Waals surface area contributed by atoms with Gasteiger partial charge in [0.1, 0.15) is 22.3 Å². The number of likely N-dealkylation sites (N-methyl/N-ethyl adjacent to an activating group) is 1. The Bertz CT molecular complexity index is 1440. The van der Waals surface area contributed by atoms with Crippen molar-refractivity contribution in [1.29, 1.82) is 5.26 Å². The number of imidazole rings is 1. The van der Waals surface area contributed by atoms with Gasteiger partial charge in [0.2, 0.25) is 17.6 Å². The number of carbonyl (C=O) groups excluding carboxylic acids is 1. The van der Waals surface area contributed by atoms with Crippen molar-refractivity contribution in [3.63, 3.8) is 0 Å². The Morgan fingerprint density at radius 3 is 2.92 bits per heavy atom. The third-order valence-electron chi connectivity index (χ3n) is 8.17.